The van der Waals surface area contributed by atoms with Crippen molar-refractivity contribution in [2.45, 2.75) is 6.61 Å². The Hall–Kier alpha value is -1.73. The summed E-state index contributed by atoms with van der Waals surface area (Å²) in [4.78, 5) is 15.8. The number of ether oxygens (including phenoxy) is 1. The molecule has 0 aromatic carbocycles. The third-order valence-corrected chi connectivity index (χ3v) is 2.54. The van der Waals surface area contributed by atoms with Crippen molar-refractivity contribution in [1.82, 2.24) is 10.1 Å². The highest BCUT2D eigenvalue weighted by molar-refractivity contribution is 9.10. The molecule has 0 saturated carbocycles. The number of amides is 1. The van der Waals surface area contributed by atoms with Crippen molar-refractivity contribution in [2.24, 2.45) is 0 Å². The molecule has 2 heterocycles. The molecule has 1 amide bonds. The normalized spacial score (nSPS) is 10.3. The van der Waals surface area contributed by atoms with Gasteiger partial charge in [-0.25, -0.2) is 4.98 Å². The summed E-state index contributed by atoms with van der Waals surface area (Å²) in [6.45, 7) is 0.273. The molecule has 0 aliphatic carbocycles. The number of hydrogen-bond donors (Lipinski definition) is 1. The van der Waals surface area contributed by atoms with E-state index in [2.05, 4.69) is 31.4 Å². The Balaban J connectivity index is 2.07. The van der Waals surface area contributed by atoms with Crippen molar-refractivity contribution in [3.05, 3.63) is 40.3 Å². The van der Waals surface area contributed by atoms with Gasteiger partial charge in [-0.1, -0.05) is 21.1 Å². The first kappa shape index (κ1) is 12.7. The number of aromatic nitrogens is 2. The van der Waals surface area contributed by atoms with Crippen molar-refractivity contribution < 1.29 is 14.1 Å². The summed E-state index contributed by atoms with van der Waals surface area (Å²) < 4.78 is 10.6. The zero-order valence-electron chi connectivity index (χ0n) is 9.51. The molecule has 94 valence electrons. The quantitative estimate of drug-likeness (QED) is 0.937. The molecule has 0 aliphatic rings. The van der Waals surface area contributed by atoms with E-state index in [1.807, 2.05) is 0 Å². The Kier molecular flexibility index (Phi) is 4.06. The van der Waals surface area contributed by atoms with Gasteiger partial charge in [0.25, 0.3) is 5.91 Å². The Morgan fingerprint density at radius 2 is 2.39 bits per heavy atom. The molecule has 2 rings (SSSR count). The van der Waals surface area contributed by atoms with Crippen molar-refractivity contribution in [1.29, 1.82) is 0 Å². The second-order valence-corrected chi connectivity index (χ2v) is 4.34. The van der Waals surface area contributed by atoms with Crippen LogP contribution in [0.3, 0.4) is 0 Å². The Labute approximate surface area is 111 Å². The van der Waals surface area contributed by atoms with Gasteiger partial charge in [0.05, 0.1) is 0 Å². The molecule has 7 heteroatoms. The summed E-state index contributed by atoms with van der Waals surface area (Å²) in [5.74, 6) is 0.544. The molecule has 0 atom stereocenters. The molecule has 6 nitrogen and oxygen atoms in total. The number of anilines is 1. The van der Waals surface area contributed by atoms with Crippen molar-refractivity contribution in [2.75, 3.05) is 12.4 Å². The first-order valence-electron chi connectivity index (χ1n) is 5.06. The number of methoxy groups -OCH3 is 1. The molecule has 2 aromatic heterocycles. The fourth-order valence-electron chi connectivity index (χ4n) is 1.28. The lowest BCUT2D eigenvalue weighted by atomic mass is 10.3. The van der Waals surface area contributed by atoms with Crippen molar-refractivity contribution in [3.8, 4) is 0 Å². The summed E-state index contributed by atoms with van der Waals surface area (Å²) in [6, 6.07) is 4.98. The molecule has 0 aliphatic heterocycles. The van der Waals surface area contributed by atoms with Crippen LogP contribution in [0.4, 0.5) is 5.82 Å². The Morgan fingerprint density at radius 3 is 3.11 bits per heavy atom. The predicted molar refractivity (Wildman–Crippen MR) is 67.1 cm³/mol. The molecule has 2 aromatic rings. The van der Waals surface area contributed by atoms with Crippen LogP contribution in [0.25, 0.3) is 0 Å². The van der Waals surface area contributed by atoms with Gasteiger partial charge in [0, 0.05) is 23.8 Å². The van der Waals surface area contributed by atoms with Crippen LogP contribution < -0.4 is 5.32 Å². The lowest BCUT2D eigenvalue weighted by Gasteiger charge is -2.01. The first-order valence-corrected chi connectivity index (χ1v) is 5.86. The summed E-state index contributed by atoms with van der Waals surface area (Å²) in [5, 5.41) is 6.26. The van der Waals surface area contributed by atoms with Gasteiger partial charge < -0.3 is 14.6 Å². The topological polar surface area (TPSA) is 77.2 Å². The SMILES string of the molecule is COCc1cc(C(=O)Nc2cc(Br)ccn2)no1. The Bertz CT molecular complexity index is 556. The van der Waals surface area contributed by atoms with Crippen LogP contribution in [-0.2, 0) is 11.3 Å². The van der Waals surface area contributed by atoms with E-state index in [9.17, 15) is 4.79 Å². The highest BCUT2D eigenvalue weighted by Crippen LogP contribution is 2.14. The Morgan fingerprint density at radius 1 is 1.56 bits per heavy atom. The number of halogens is 1. The van der Waals surface area contributed by atoms with Gasteiger partial charge in [-0.3, -0.25) is 4.79 Å². The molecule has 0 unspecified atom stereocenters. The molecular weight excluding hydrogens is 302 g/mol. The highest BCUT2D eigenvalue weighted by Gasteiger charge is 2.13. The lowest BCUT2D eigenvalue weighted by molar-refractivity contribution is 0.101. The van der Waals surface area contributed by atoms with E-state index < -0.39 is 0 Å². The maximum atomic E-state index is 11.8. The first-order chi connectivity index (χ1) is 8.69. The molecule has 0 bridgehead atoms. The van der Waals surface area contributed by atoms with Crippen LogP contribution in [0.2, 0.25) is 0 Å². The van der Waals surface area contributed by atoms with Gasteiger partial charge in [0.1, 0.15) is 12.4 Å². The van der Waals surface area contributed by atoms with Gasteiger partial charge in [-0.05, 0) is 12.1 Å². The highest BCUT2D eigenvalue weighted by atomic mass is 79.9. The minimum Gasteiger partial charge on any atom is -0.377 e. The van der Waals surface area contributed by atoms with E-state index in [1.165, 1.54) is 13.2 Å². The summed E-state index contributed by atoms with van der Waals surface area (Å²) in [7, 11) is 1.54. The summed E-state index contributed by atoms with van der Waals surface area (Å²) in [5.41, 5.74) is 0.184. The number of carbonyl (C=O) groups is 1. The van der Waals surface area contributed by atoms with Gasteiger partial charge in [0.15, 0.2) is 11.5 Å². The second-order valence-electron chi connectivity index (χ2n) is 3.42. The number of hydrogen-bond acceptors (Lipinski definition) is 5. The average Bonchev–Trinajstić information content (AvgIpc) is 2.78. The third-order valence-electron chi connectivity index (χ3n) is 2.04. The molecule has 0 saturated heterocycles. The van der Waals surface area contributed by atoms with E-state index in [-0.39, 0.29) is 18.2 Å². The smallest absolute Gasteiger partial charge is 0.279 e. The minimum atomic E-state index is -0.383. The van der Waals surface area contributed by atoms with Gasteiger partial charge >= 0.3 is 0 Å². The molecule has 0 spiro atoms. The van der Waals surface area contributed by atoms with Gasteiger partial charge in [0.2, 0.25) is 0 Å². The van der Waals surface area contributed by atoms with Crippen LogP contribution in [0.1, 0.15) is 16.2 Å². The summed E-state index contributed by atoms with van der Waals surface area (Å²) >= 11 is 3.29. The minimum absolute atomic E-state index is 0.184. The monoisotopic (exact) mass is 311 g/mol. The van der Waals surface area contributed by atoms with E-state index in [4.69, 9.17) is 9.26 Å². The largest absolute Gasteiger partial charge is 0.377 e. The van der Waals surface area contributed by atoms with E-state index in [1.54, 1.807) is 18.3 Å². The van der Waals surface area contributed by atoms with Crippen molar-refractivity contribution in [3.63, 3.8) is 0 Å². The number of rotatable bonds is 4. The van der Waals surface area contributed by atoms with Crippen molar-refractivity contribution >= 4 is 27.7 Å². The zero-order valence-corrected chi connectivity index (χ0v) is 11.1. The van der Waals surface area contributed by atoms with E-state index in [0.717, 1.165) is 4.47 Å². The van der Waals surface area contributed by atoms with E-state index in [0.29, 0.717) is 11.6 Å². The fourth-order valence-corrected chi connectivity index (χ4v) is 1.62. The standard InChI is InChI=1S/C11H10BrN3O3/c1-17-6-8-5-9(15-18-8)11(16)14-10-4-7(12)2-3-13-10/h2-5H,6H2,1H3,(H,13,14,16). The van der Waals surface area contributed by atoms with Crippen LogP contribution >= 0.6 is 15.9 Å². The lowest BCUT2D eigenvalue weighted by Crippen LogP contribution is -2.13. The van der Waals surface area contributed by atoms with Crippen LogP contribution in [-0.4, -0.2) is 23.2 Å². The average molecular weight is 312 g/mol. The maximum absolute atomic E-state index is 11.8. The van der Waals surface area contributed by atoms with Crippen LogP contribution in [0.15, 0.2) is 33.4 Å². The van der Waals surface area contributed by atoms with Gasteiger partial charge in [-0.2, -0.15) is 0 Å². The number of carbonyl (C=O) groups excluding carboxylic acids is 1. The molecule has 0 fully saturated rings. The van der Waals surface area contributed by atoms with Crippen LogP contribution in [0.5, 0.6) is 0 Å². The second kappa shape index (κ2) is 5.74. The molecule has 0 radical (unpaired) electrons. The van der Waals surface area contributed by atoms with Crippen LogP contribution in [0, 0.1) is 0 Å². The molecule has 18 heavy (non-hydrogen) atoms. The number of nitrogens with zero attached hydrogens (tertiary/aromatic N) is 2. The number of nitrogens with one attached hydrogen (secondary N) is 1. The molecular formula is C11H10BrN3O3. The predicted octanol–water partition coefficient (Wildman–Crippen LogP) is 2.23. The van der Waals surface area contributed by atoms with Gasteiger partial charge in [-0.15, -0.1) is 0 Å². The fraction of sp³-hybridized carbons (Fsp3) is 0.182. The third kappa shape index (κ3) is 3.14. The van der Waals surface area contributed by atoms with E-state index >= 15 is 0 Å². The summed E-state index contributed by atoms with van der Waals surface area (Å²) in [6.07, 6.45) is 1.58. The maximum Gasteiger partial charge on any atom is 0.279 e. The zero-order chi connectivity index (χ0) is 13.0. The number of pyridine rings is 1. The molecule has 1 N–H and O–H groups in total.